The van der Waals surface area contributed by atoms with Crippen molar-refractivity contribution in [2.45, 2.75) is 45.1 Å². The van der Waals surface area contributed by atoms with Crippen molar-refractivity contribution in [1.82, 2.24) is 14.9 Å². The van der Waals surface area contributed by atoms with E-state index in [2.05, 4.69) is 9.97 Å². The minimum Gasteiger partial charge on any atom is -0.332 e. The highest BCUT2D eigenvalue weighted by Gasteiger charge is 2.32. The maximum Gasteiger partial charge on any atom is 0.223 e. The standard InChI is InChI=1S/C18H21N3O2/c1-13(22)12-21(15-7-8-15)17(23)6-2-4-14-9-11-20-18-16(14)5-3-10-19-18/h3,5,9-11,15H,2,4,6-8,12H2,1H3. The number of carbonyl (C=O) groups is 2. The number of carbonyl (C=O) groups excluding carboxylic acids is 2. The van der Waals surface area contributed by atoms with Crippen molar-refractivity contribution in [2.75, 3.05) is 6.54 Å². The minimum atomic E-state index is 0.0523. The van der Waals surface area contributed by atoms with Crippen LogP contribution in [0.4, 0.5) is 0 Å². The van der Waals surface area contributed by atoms with E-state index in [4.69, 9.17) is 0 Å². The maximum absolute atomic E-state index is 12.4. The Morgan fingerprint density at radius 3 is 2.74 bits per heavy atom. The summed E-state index contributed by atoms with van der Waals surface area (Å²) in [4.78, 5) is 34.0. The quantitative estimate of drug-likeness (QED) is 0.788. The molecule has 2 aromatic rings. The molecule has 2 aromatic heterocycles. The van der Waals surface area contributed by atoms with Crippen LogP contribution in [0.2, 0.25) is 0 Å². The number of pyridine rings is 2. The lowest BCUT2D eigenvalue weighted by Gasteiger charge is -2.21. The van der Waals surface area contributed by atoms with Gasteiger partial charge in [0.15, 0.2) is 5.65 Å². The van der Waals surface area contributed by atoms with Crippen molar-refractivity contribution in [3.63, 3.8) is 0 Å². The lowest BCUT2D eigenvalue weighted by atomic mass is 10.0. The lowest BCUT2D eigenvalue weighted by Crippen LogP contribution is -2.36. The molecule has 1 aliphatic rings. The average molecular weight is 311 g/mol. The van der Waals surface area contributed by atoms with E-state index in [1.165, 1.54) is 5.56 Å². The van der Waals surface area contributed by atoms with E-state index in [-0.39, 0.29) is 24.3 Å². The van der Waals surface area contributed by atoms with Crippen LogP contribution in [0.3, 0.4) is 0 Å². The van der Waals surface area contributed by atoms with Gasteiger partial charge in [-0.15, -0.1) is 0 Å². The van der Waals surface area contributed by atoms with Crippen LogP contribution in [0.15, 0.2) is 30.6 Å². The first kappa shape index (κ1) is 15.6. The first-order valence-electron chi connectivity index (χ1n) is 8.12. The lowest BCUT2D eigenvalue weighted by molar-refractivity contribution is -0.135. The van der Waals surface area contributed by atoms with Crippen molar-refractivity contribution in [1.29, 1.82) is 0 Å². The van der Waals surface area contributed by atoms with E-state index in [1.807, 2.05) is 18.2 Å². The molecule has 0 radical (unpaired) electrons. The summed E-state index contributed by atoms with van der Waals surface area (Å²) in [6.45, 7) is 1.80. The predicted octanol–water partition coefficient (Wildman–Crippen LogP) is 2.53. The Morgan fingerprint density at radius 2 is 2.00 bits per heavy atom. The van der Waals surface area contributed by atoms with E-state index < -0.39 is 0 Å². The van der Waals surface area contributed by atoms with E-state index in [0.717, 1.165) is 36.7 Å². The molecule has 0 unspecified atom stereocenters. The molecule has 0 aromatic carbocycles. The molecule has 5 nitrogen and oxygen atoms in total. The Labute approximate surface area is 135 Å². The number of aromatic nitrogens is 2. The third-order valence-corrected chi connectivity index (χ3v) is 4.14. The zero-order chi connectivity index (χ0) is 16.2. The van der Waals surface area contributed by atoms with Gasteiger partial charge >= 0.3 is 0 Å². The van der Waals surface area contributed by atoms with Gasteiger partial charge < -0.3 is 4.90 Å². The fourth-order valence-electron chi connectivity index (χ4n) is 2.88. The molecule has 3 rings (SSSR count). The summed E-state index contributed by atoms with van der Waals surface area (Å²) in [5.41, 5.74) is 1.91. The molecule has 1 aliphatic carbocycles. The van der Waals surface area contributed by atoms with Crippen LogP contribution in [-0.4, -0.2) is 39.1 Å². The number of rotatable bonds is 7. The predicted molar refractivity (Wildman–Crippen MR) is 87.9 cm³/mol. The van der Waals surface area contributed by atoms with E-state index in [9.17, 15) is 9.59 Å². The highest BCUT2D eigenvalue weighted by molar-refractivity contribution is 5.85. The summed E-state index contributed by atoms with van der Waals surface area (Å²) in [6, 6.07) is 6.19. The number of aryl methyl sites for hydroxylation is 1. The Hall–Kier alpha value is -2.30. The molecule has 120 valence electrons. The summed E-state index contributed by atoms with van der Waals surface area (Å²) in [6.07, 6.45) is 7.62. The maximum atomic E-state index is 12.4. The number of fused-ring (bicyclic) bond motifs is 1. The molecule has 0 aliphatic heterocycles. The molecule has 5 heteroatoms. The van der Waals surface area contributed by atoms with Crippen LogP contribution < -0.4 is 0 Å². The molecule has 0 N–H and O–H groups in total. The number of nitrogens with zero attached hydrogens (tertiary/aromatic N) is 3. The smallest absolute Gasteiger partial charge is 0.223 e. The molecule has 0 spiro atoms. The second-order valence-electron chi connectivity index (χ2n) is 6.15. The van der Waals surface area contributed by atoms with Gasteiger partial charge in [-0.25, -0.2) is 9.97 Å². The van der Waals surface area contributed by atoms with Gasteiger partial charge in [-0.05, 0) is 56.4 Å². The number of hydrogen-bond donors (Lipinski definition) is 0. The number of Topliss-reactive ketones (excluding diaryl/α,β-unsaturated/α-hetero) is 1. The van der Waals surface area contributed by atoms with Crippen molar-refractivity contribution >= 4 is 22.7 Å². The molecular weight excluding hydrogens is 290 g/mol. The van der Waals surface area contributed by atoms with E-state index in [1.54, 1.807) is 24.2 Å². The highest BCUT2D eigenvalue weighted by Crippen LogP contribution is 2.27. The summed E-state index contributed by atoms with van der Waals surface area (Å²) < 4.78 is 0. The van der Waals surface area contributed by atoms with Gasteiger partial charge in [-0.2, -0.15) is 0 Å². The molecule has 2 heterocycles. The topological polar surface area (TPSA) is 63.2 Å². The van der Waals surface area contributed by atoms with Crippen LogP contribution in [0, 0.1) is 0 Å². The average Bonchev–Trinajstić information content (AvgIpc) is 3.37. The summed E-state index contributed by atoms with van der Waals surface area (Å²) in [5.74, 6) is 0.149. The van der Waals surface area contributed by atoms with Gasteiger partial charge in [0, 0.05) is 30.2 Å². The number of ketones is 1. The highest BCUT2D eigenvalue weighted by atomic mass is 16.2. The monoisotopic (exact) mass is 311 g/mol. The fourth-order valence-corrected chi connectivity index (χ4v) is 2.88. The van der Waals surface area contributed by atoms with E-state index >= 15 is 0 Å². The normalized spacial score (nSPS) is 14.0. The van der Waals surface area contributed by atoms with Gasteiger partial charge in [0.1, 0.15) is 5.78 Å². The van der Waals surface area contributed by atoms with Crippen molar-refractivity contribution < 1.29 is 9.59 Å². The second kappa shape index (κ2) is 6.86. The summed E-state index contributed by atoms with van der Waals surface area (Å²) in [7, 11) is 0. The van der Waals surface area contributed by atoms with Crippen molar-refractivity contribution in [2.24, 2.45) is 0 Å². The van der Waals surface area contributed by atoms with Crippen LogP contribution in [-0.2, 0) is 16.0 Å². The third kappa shape index (κ3) is 3.92. The second-order valence-corrected chi connectivity index (χ2v) is 6.15. The van der Waals surface area contributed by atoms with Gasteiger partial charge in [0.05, 0.1) is 6.54 Å². The molecule has 0 saturated heterocycles. The van der Waals surface area contributed by atoms with Gasteiger partial charge in [-0.3, -0.25) is 9.59 Å². The molecule has 0 bridgehead atoms. The molecule has 1 saturated carbocycles. The van der Waals surface area contributed by atoms with Crippen LogP contribution >= 0.6 is 0 Å². The Morgan fingerprint density at radius 1 is 1.22 bits per heavy atom. The largest absolute Gasteiger partial charge is 0.332 e. The van der Waals surface area contributed by atoms with Crippen LogP contribution in [0.1, 0.15) is 38.2 Å². The summed E-state index contributed by atoms with van der Waals surface area (Å²) in [5, 5.41) is 1.05. The zero-order valence-electron chi connectivity index (χ0n) is 13.4. The molecule has 1 fully saturated rings. The Bertz CT molecular complexity index is 720. The first-order chi connectivity index (χ1) is 11.1. The Kier molecular flexibility index (Phi) is 4.65. The first-order valence-corrected chi connectivity index (χ1v) is 8.12. The molecule has 0 atom stereocenters. The van der Waals surface area contributed by atoms with Gasteiger partial charge in [-0.1, -0.05) is 0 Å². The van der Waals surface area contributed by atoms with Gasteiger partial charge in [0.2, 0.25) is 5.91 Å². The number of amides is 1. The fraction of sp³-hybridized carbons (Fsp3) is 0.444. The van der Waals surface area contributed by atoms with E-state index in [0.29, 0.717) is 6.42 Å². The molecule has 1 amide bonds. The zero-order valence-corrected chi connectivity index (χ0v) is 13.4. The van der Waals surface area contributed by atoms with Crippen molar-refractivity contribution in [3.8, 4) is 0 Å². The third-order valence-electron chi connectivity index (χ3n) is 4.14. The van der Waals surface area contributed by atoms with Gasteiger partial charge in [0.25, 0.3) is 0 Å². The minimum absolute atomic E-state index is 0.0523. The molecular formula is C18H21N3O2. The number of hydrogen-bond acceptors (Lipinski definition) is 4. The van der Waals surface area contributed by atoms with Crippen LogP contribution in [0.5, 0.6) is 0 Å². The molecule has 23 heavy (non-hydrogen) atoms. The van der Waals surface area contributed by atoms with Crippen LogP contribution in [0.25, 0.3) is 11.0 Å². The van der Waals surface area contributed by atoms with Crippen molar-refractivity contribution in [3.05, 3.63) is 36.2 Å². The summed E-state index contributed by atoms with van der Waals surface area (Å²) >= 11 is 0. The SMILES string of the molecule is CC(=O)CN(C(=O)CCCc1ccnc2ncccc12)C1CC1. The Balaban J connectivity index is 1.59.